The van der Waals surface area contributed by atoms with Crippen molar-refractivity contribution in [1.82, 2.24) is 10.3 Å². The van der Waals surface area contributed by atoms with Crippen LogP contribution in [0.1, 0.15) is 23.2 Å². The van der Waals surface area contributed by atoms with Crippen LogP contribution in [-0.2, 0) is 0 Å². The lowest BCUT2D eigenvalue weighted by Gasteiger charge is -2.22. The number of hydrogen-bond donors (Lipinski definition) is 1. The van der Waals surface area contributed by atoms with Gasteiger partial charge in [-0.25, -0.2) is 4.98 Å². The lowest BCUT2D eigenvalue weighted by molar-refractivity contribution is 0.0938. The molecule has 0 radical (unpaired) electrons. The molecule has 5 heteroatoms. The van der Waals surface area contributed by atoms with Gasteiger partial charge < -0.3 is 5.32 Å². The molecule has 1 N–H and O–H groups in total. The number of carbonyl (C=O) groups excluding carboxylic acids is 1. The zero-order valence-electron chi connectivity index (χ0n) is 8.78. The maximum Gasteiger partial charge on any atom is 0.251 e. The van der Waals surface area contributed by atoms with E-state index in [9.17, 15) is 4.79 Å². The summed E-state index contributed by atoms with van der Waals surface area (Å²) in [6.45, 7) is 0. The smallest absolute Gasteiger partial charge is 0.251 e. The molecule has 1 fully saturated rings. The summed E-state index contributed by atoms with van der Waals surface area (Å²) < 4.78 is 0. The van der Waals surface area contributed by atoms with Gasteiger partial charge in [0.1, 0.15) is 5.15 Å². The van der Waals surface area contributed by atoms with E-state index in [1.54, 1.807) is 18.3 Å². The fourth-order valence-electron chi connectivity index (χ4n) is 1.67. The molecule has 1 aromatic heterocycles. The number of halogens is 1. The largest absolute Gasteiger partial charge is 0.348 e. The zero-order valence-corrected chi connectivity index (χ0v) is 10.4. The fraction of sp³-hybridized carbons (Fsp3) is 0.455. The maximum absolute atomic E-state index is 11.9. The van der Waals surface area contributed by atoms with Crippen molar-refractivity contribution < 1.29 is 4.79 Å². The molecule has 1 aliphatic heterocycles. The number of hydrogen-bond acceptors (Lipinski definition) is 3. The summed E-state index contributed by atoms with van der Waals surface area (Å²) in [6.07, 6.45) is 3.79. The lowest BCUT2D eigenvalue weighted by atomic mass is 10.1. The van der Waals surface area contributed by atoms with Gasteiger partial charge in [-0.2, -0.15) is 11.8 Å². The van der Waals surface area contributed by atoms with Gasteiger partial charge in [0.15, 0.2) is 0 Å². The highest BCUT2D eigenvalue weighted by Gasteiger charge is 2.16. The van der Waals surface area contributed by atoms with Crippen LogP contribution in [0.4, 0.5) is 0 Å². The Morgan fingerprint density at radius 2 is 2.50 bits per heavy atom. The monoisotopic (exact) mass is 256 g/mol. The molecule has 3 nitrogen and oxygen atoms in total. The van der Waals surface area contributed by atoms with Crippen LogP contribution in [0.3, 0.4) is 0 Å². The predicted octanol–water partition coefficient (Wildman–Crippen LogP) is 2.36. The number of amides is 1. The molecular weight excluding hydrogens is 244 g/mol. The van der Waals surface area contributed by atoms with Crippen molar-refractivity contribution in [1.29, 1.82) is 0 Å². The van der Waals surface area contributed by atoms with E-state index >= 15 is 0 Å². The first kappa shape index (κ1) is 11.7. The van der Waals surface area contributed by atoms with Crippen molar-refractivity contribution >= 4 is 29.3 Å². The number of carbonyl (C=O) groups is 1. The van der Waals surface area contributed by atoms with Gasteiger partial charge in [0.2, 0.25) is 0 Å². The van der Waals surface area contributed by atoms with Crippen molar-refractivity contribution in [3.8, 4) is 0 Å². The zero-order chi connectivity index (χ0) is 11.4. The van der Waals surface area contributed by atoms with Gasteiger partial charge >= 0.3 is 0 Å². The van der Waals surface area contributed by atoms with Gasteiger partial charge in [0.05, 0.1) is 0 Å². The average Bonchev–Trinajstić information content (AvgIpc) is 2.30. The predicted molar refractivity (Wildman–Crippen MR) is 67.1 cm³/mol. The van der Waals surface area contributed by atoms with Crippen molar-refractivity contribution in [3.63, 3.8) is 0 Å². The van der Waals surface area contributed by atoms with Crippen LogP contribution in [0, 0.1) is 0 Å². The Balaban J connectivity index is 1.97. The molecule has 2 rings (SSSR count). The molecule has 86 valence electrons. The van der Waals surface area contributed by atoms with Crippen molar-refractivity contribution in [3.05, 3.63) is 29.0 Å². The second-order valence-corrected chi connectivity index (χ2v) is 5.29. The quantitative estimate of drug-likeness (QED) is 0.826. The van der Waals surface area contributed by atoms with Gasteiger partial charge in [-0.1, -0.05) is 11.6 Å². The number of nitrogens with one attached hydrogen (secondary N) is 1. The van der Waals surface area contributed by atoms with Crippen molar-refractivity contribution in [2.24, 2.45) is 0 Å². The standard InChI is InChI=1S/C11H13ClN2OS/c12-10-6-8(3-4-13-10)11(15)14-9-2-1-5-16-7-9/h3-4,6,9H,1-2,5,7H2,(H,14,15). The Morgan fingerprint density at radius 1 is 1.62 bits per heavy atom. The number of aromatic nitrogens is 1. The van der Waals surface area contributed by atoms with Gasteiger partial charge in [-0.05, 0) is 30.7 Å². The second kappa shape index (κ2) is 5.55. The number of thioether (sulfide) groups is 1. The highest BCUT2D eigenvalue weighted by atomic mass is 35.5. The first-order valence-corrected chi connectivity index (χ1v) is 6.79. The minimum atomic E-state index is -0.0585. The summed E-state index contributed by atoms with van der Waals surface area (Å²) in [5.41, 5.74) is 0.579. The van der Waals surface area contributed by atoms with Crippen LogP contribution in [0.15, 0.2) is 18.3 Å². The molecule has 0 saturated carbocycles. The molecule has 1 atom stereocenters. The molecule has 2 heterocycles. The molecule has 0 spiro atoms. The molecule has 1 saturated heterocycles. The topological polar surface area (TPSA) is 42.0 Å². The van der Waals surface area contributed by atoms with Crippen LogP contribution in [0.25, 0.3) is 0 Å². The minimum absolute atomic E-state index is 0.0585. The minimum Gasteiger partial charge on any atom is -0.348 e. The van der Waals surface area contributed by atoms with Gasteiger partial charge in [-0.15, -0.1) is 0 Å². The van der Waals surface area contributed by atoms with Crippen LogP contribution >= 0.6 is 23.4 Å². The lowest BCUT2D eigenvalue weighted by Crippen LogP contribution is -2.38. The van der Waals surface area contributed by atoms with E-state index in [0.717, 1.165) is 12.2 Å². The molecule has 1 unspecified atom stereocenters. The summed E-state index contributed by atoms with van der Waals surface area (Å²) in [6, 6.07) is 3.56. The highest BCUT2D eigenvalue weighted by Crippen LogP contribution is 2.17. The number of nitrogens with zero attached hydrogens (tertiary/aromatic N) is 1. The number of pyridine rings is 1. The Labute approximate surface area is 104 Å². The highest BCUT2D eigenvalue weighted by molar-refractivity contribution is 7.99. The van der Waals surface area contributed by atoms with E-state index in [1.807, 2.05) is 11.8 Å². The maximum atomic E-state index is 11.9. The summed E-state index contributed by atoms with van der Waals surface area (Å²) >= 11 is 7.63. The molecule has 0 aliphatic carbocycles. The van der Waals surface area contributed by atoms with Crippen molar-refractivity contribution in [2.75, 3.05) is 11.5 Å². The van der Waals surface area contributed by atoms with Crippen molar-refractivity contribution in [2.45, 2.75) is 18.9 Å². The van der Waals surface area contributed by atoms with Crippen LogP contribution in [0.5, 0.6) is 0 Å². The van der Waals surface area contributed by atoms with E-state index < -0.39 is 0 Å². The summed E-state index contributed by atoms with van der Waals surface area (Å²) in [7, 11) is 0. The first-order valence-electron chi connectivity index (χ1n) is 5.26. The van der Waals surface area contributed by atoms with E-state index in [2.05, 4.69) is 10.3 Å². The SMILES string of the molecule is O=C(NC1CCCSC1)c1ccnc(Cl)c1. The molecule has 16 heavy (non-hydrogen) atoms. The molecule has 0 bridgehead atoms. The van der Waals surface area contributed by atoms with Gasteiger partial charge in [-0.3, -0.25) is 4.79 Å². The Morgan fingerprint density at radius 3 is 3.19 bits per heavy atom. The van der Waals surface area contributed by atoms with E-state index in [0.29, 0.717) is 10.7 Å². The van der Waals surface area contributed by atoms with E-state index in [-0.39, 0.29) is 11.9 Å². The van der Waals surface area contributed by atoms with Gasteiger partial charge in [0.25, 0.3) is 5.91 Å². The number of rotatable bonds is 2. The molecule has 0 aromatic carbocycles. The normalized spacial score (nSPS) is 20.4. The average molecular weight is 257 g/mol. The van der Waals surface area contributed by atoms with Gasteiger partial charge in [0, 0.05) is 23.6 Å². The molecule has 1 amide bonds. The Kier molecular flexibility index (Phi) is 4.07. The first-order chi connectivity index (χ1) is 7.75. The van der Waals surface area contributed by atoms with Crippen LogP contribution in [-0.4, -0.2) is 28.4 Å². The van der Waals surface area contributed by atoms with Crippen LogP contribution in [0.2, 0.25) is 5.15 Å². The third-order valence-corrected chi connectivity index (χ3v) is 3.91. The second-order valence-electron chi connectivity index (χ2n) is 3.75. The Bertz CT molecular complexity index is 380. The Hall–Kier alpha value is -0.740. The molecular formula is C11H13ClN2OS. The molecule has 1 aromatic rings. The van der Waals surface area contributed by atoms with E-state index in [4.69, 9.17) is 11.6 Å². The fourth-order valence-corrected chi connectivity index (χ4v) is 2.91. The third-order valence-electron chi connectivity index (χ3n) is 2.48. The molecule has 1 aliphatic rings. The third kappa shape index (κ3) is 3.12. The summed E-state index contributed by atoms with van der Waals surface area (Å²) in [4.78, 5) is 15.7. The summed E-state index contributed by atoms with van der Waals surface area (Å²) in [5.74, 6) is 2.15. The summed E-state index contributed by atoms with van der Waals surface area (Å²) in [5, 5.41) is 3.37. The van der Waals surface area contributed by atoms with E-state index in [1.165, 1.54) is 12.2 Å². The van der Waals surface area contributed by atoms with Crippen LogP contribution < -0.4 is 5.32 Å².